The lowest BCUT2D eigenvalue weighted by Gasteiger charge is -2.38. The second-order valence-electron chi connectivity index (χ2n) is 4.33. The van der Waals surface area contributed by atoms with Crippen molar-refractivity contribution in [1.29, 1.82) is 0 Å². The molecular formula is C11H16N4O2. The largest absolute Gasteiger partial charge is 0.363 e. The van der Waals surface area contributed by atoms with Crippen LogP contribution in [0.3, 0.4) is 0 Å². The van der Waals surface area contributed by atoms with Gasteiger partial charge in [-0.2, -0.15) is 10.2 Å². The zero-order valence-electron chi connectivity index (χ0n) is 9.77. The number of amides is 1. The van der Waals surface area contributed by atoms with E-state index >= 15 is 0 Å². The molecule has 0 saturated carbocycles. The first-order valence-corrected chi connectivity index (χ1v) is 5.56. The van der Waals surface area contributed by atoms with Crippen LogP contribution in [-0.2, 0) is 16.1 Å². The molecule has 2 N–H and O–H groups in total. The minimum atomic E-state index is -0.191. The number of nitrogens with zero attached hydrogens (tertiary/aromatic N) is 2. The van der Waals surface area contributed by atoms with Crippen molar-refractivity contribution in [3.8, 4) is 0 Å². The van der Waals surface area contributed by atoms with E-state index in [1.54, 1.807) is 12.3 Å². The number of hydrogen-bond acceptors (Lipinski definition) is 5. The van der Waals surface area contributed by atoms with E-state index in [-0.39, 0.29) is 18.1 Å². The number of carbonyl (C=O) groups is 1. The number of rotatable bonds is 5. The quantitative estimate of drug-likeness (QED) is 0.719. The number of hydrogen-bond donors (Lipinski definition) is 2. The molecule has 2 rings (SSSR count). The first-order valence-electron chi connectivity index (χ1n) is 5.56. The van der Waals surface area contributed by atoms with Crippen molar-refractivity contribution in [1.82, 2.24) is 20.8 Å². The van der Waals surface area contributed by atoms with Crippen LogP contribution >= 0.6 is 0 Å². The Labute approximate surface area is 99.8 Å². The minimum Gasteiger partial charge on any atom is -0.363 e. The Hall–Kier alpha value is -1.53. The van der Waals surface area contributed by atoms with Crippen LogP contribution in [-0.4, -0.2) is 41.4 Å². The summed E-state index contributed by atoms with van der Waals surface area (Å²) >= 11 is 0. The predicted molar refractivity (Wildman–Crippen MR) is 61.1 cm³/mol. The molecule has 1 saturated heterocycles. The van der Waals surface area contributed by atoms with Gasteiger partial charge in [-0.15, -0.1) is 0 Å². The SMILES string of the molecule is CC1(OCC(=O)NCc2cccnn2)CNC1. The summed E-state index contributed by atoms with van der Waals surface area (Å²) in [6.45, 7) is 4.04. The van der Waals surface area contributed by atoms with E-state index in [1.165, 1.54) is 0 Å². The second-order valence-corrected chi connectivity index (χ2v) is 4.33. The van der Waals surface area contributed by atoms with Gasteiger partial charge >= 0.3 is 0 Å². The van der Waals surface area contributed by atoms with Gasteiger partial charge in [0.15, 0.2) is 0 Å². The van der Waals surface area contributed by atoms with Gasteiger partial charge < -0.3 is 15.4 Å². The van der Waals surface area contributed by atoms with Gasteiger partial charge in [-0.1, -0.05) is 0 Å². The molecule has 0 spiro atoms. The Balaban J connectivity index is 1.67. The van der Waals surface area contributed by atoms with Crippen molar-refractivity contribution in [2.24, 2.45) is 0 Å². The lowest BCUT2D eigenvalue weighted by atomic mass is 10.0. The van der Waals surface area contributed by atoms with E-state index in [0.29, 0.717) is 6.54 Å². The smallest absolute Gasteiger partial charge is 0.246 e. The topological polar surface area (TPSA) is 76.1 Å². The summed E-state index contributed by atoms with van der Waals surface area (Å²) in [5.41, 5.74) is 0.543. The van der Waals surface area contributed by atoms with Gasteiger partial charge in [0.1, 0.15) is 6.61 Å². The van der Waals surface area contributed by atoms with Gasteiger partial charge in [0.25, 0.3) is 0 Å². The van der Waals surface area contributed by atoms with E-state index in [1.807, 2.05) is 13.0 Å². The maximum Gasteiger partial charge on any atom is 0.246 e. The Morgan fingerprint density at radius 3 is 3.06 bits per heavy atom. The zero-order valence-corrected chi connectivity index (χ0v) is 9.77. The average Bonchev–Trinajstić information content (AvgIpc) is 2.33. The summed E-state index contributed by atoms with van der Waals surface area (Å²) in [4.78, 5) is 11.5. The molecule has 0 unspecified atom stereocenters. The van der Waals surface area contributed by atoms with Crippen molar-refractivity contribution in [2.75, 3.05) is 19.7 Å². The molecule has 1 aliphatic heterocycles. The van der Waals surface area contributed by atoms with Crippen LogP contribution in [0.1, 0.15) is 12.6 Å². The van der Waals surface area contributed by atoms with E-state index in [9.17, 15) is 4.79 Å². The van der Waals surface area contributed by atoms with Crippen LogP contribution in [0.15, 0.2) is 18.3 Å². The summed E-state index contributed by atoms with van der Waals surface area (Å²) in [5.74, 6) is -0.135. The first kappa shape index (κ1) is 11.9. The molecule has 0 bridgehead atoms. The van der Waals surface area contributed by atoms with Gasteiger partial charge in [0.2, 0.25) is 5.91 Å². The first-order chi connectivity index (χ1) is 8.18. The van der Waals surface area contributed by atoms with Crippen LogP contribution in [0.4, 0.5) is 0 Å². The van der Waals surface area contributed by atoms with Gasteiger partial charge in [0.05, 0.1) is 17.8 Å². The maximum absolute atomic E-state index is 11.5. The van der Waals surface area contributed by atoms with Crippen LogP contribution in [0.2, 0.25) is 0 Å². The van der Waals surface area contributed by atoms with Gasteiger partial charge in [-0.25, -0.2) is 0 Å². The Morgan fingerprint density at radius 2 is 2.47 bits per heavy atom. The molecule has 1 aromatic heterocycles. The number of aromatic nitrogens is 2. The summed E-state index contributed by atoms with van der Waals surface area (Å²) in [6, 6.07) is 3.59. The highest BCUT2D eigenvalue weighted by atomic mass is 16.5. The number of ether oxygens (including phenoxy) is 1. The third-order valence-electron chi connectivity index (χ3n) is 2.64. The van der Waals surface area contributed by atoms with Crippen molar-refractivity contribution < 1.29 is 9.53 Å². The molecule has 0 aliphatic carbocycles. The van der Waals surface area contributed by atoms with Gasteiger partial charge in [0, 0.05) is 19.3 Å². The molecule has 17 heavy (non-hydrogen) atoms. The molecule has 1 fully saturated rings. The fourth-order valence-corrected chi connectivity index (χ4v) is 1.49. The van der Waals surface area contributed by atoms with Crippen LogP contribution in [0.25, 0.3) is 0 Å². The lowest BCUT2D eigenvalue weighted by molar-refractivity contribution is -0.136. The summed E-state index contributed by atoms with van der Waals surface area (Å²) in [7, 11) is 0. The molecule has 92 valence electrons. The molecule has 0 atom stereocenters. The third-order valence-corrected chi connectivity index (χ3v) is 2.64. The Bertz CT molecular complexity index is 378. The normalized spacial score (nSPS) is 17.2. The second kappa shape index (κ2) is 5.20. The van der Waals surface area contributed by atoms with E-state index in [0.717, 1.165) is 18.8 Å². The van der Waals surface area contributed by atoms with Crippen molar-refractivity contribution in [3.63, 3.8) is 0 Å². The monoisotopic (exact) mass is 236 g/mol. The minimum absolute atomic E-state index is 0.0818. The van der Waals surface area contributed by atoms with Crippen LogP contribution in [0, 0.1) is 0 Å². The molecule has 1 amide bonds. The van der Waals surface area contributed by atoms with E-state index in [4.69, 9.17) is 4.74 Å². The molecule has 6 heteroatoms. The molecule has 2 heterocycles. The number of nitrogens with one attached hydrogen (secondary N) is 2. The highest BCUT2D eigenvalue weighted by Crippen LogP contribution is 2.14. The highest BCUT2D eigenvalue weighted by Gasteiger charge is 2.32. The van der Waals surface area contributed by atoms with Crippen molar-refractivity contribution in [2.45, 2.75) is 19.1 Å². The molecule has 0 aromatic carbocycles. The fourth-order valence-electron chi connectivity index (χ4n) is 1.49. The fraction of sp³-hybridized carbons (Fsp3) is 0.545. The van der Waals surface area contributed by atoms with Gasteiger partial charge in [-0.05, 0) is 19.1 Å². The zero-order chi connectivity index (χ0) is 12.1. The predicted octanol–water partition coefficient (Wildman–Crippen LogP) is -0.529. The van der Waals surface area contributed by atoms with Crippen molar-refractivity contribution >= 4 is 5.91 Å². The molecular weight excluding hydrogens is 220 g/mol. The Kier molecular flexibility index (Phi) is 3.65. The van der Waals surface area contributed by atoms with E-state index < -0.39 is 0 Å². The molecule has 1 aromatic rings. The highest BCUT2D eigenvalue weighted by molar-refractivity contribution is 5.77. The van der Waals surface area contributed by atoms with Crippen molar-refractivity contribution in [3.05, 3.63) is 24.0 Å². The standard InChI is InChI=1S/C11H16N4O2/c1-11(7-12-8-11)17-6-10(16)13-5-9-3-2-4-14-15-9/h2-4,12H,5-8H2,1H3,(H,13,16). The summed E-state index contributed by atoms with van der Waals surface area (Å²) in [6.07, 6.45) is 1.60. The summed E-state index contributed by atoms with van der Waals surface area (Å²) < 4.78 is 5.51. The van der Waals surface area contributed by atoms with Gasteiger partial charge in [-0.3, -0.25) is 4.79 Å². The number of carbonyl (C=O) groups excluding carboxylic acids is 1. The lowest BCUT2D eigenvalue weighted by Crippen LogP contribution is -2.59. The van der Waals surface area contributed by atoms with Crippen LogP contribution in [0.5, 0.6) is 0 Å². The maximum atomic E-state index is 11.5. The molecule has 6 nitrogen and oxygen atoms in total. The van der Waals surface area contributed by atoms with Crippen LogP contribution < -0.4 is 10.6 Å². The molecule has 0 radical (unpaired) electrons. The average molecular weight is 236 g/mol. The Morgan fingerprint density at radius 1 is 1.65 bits per heavy atom. The molecule has 1 aliphatic rings. The summed E-state index contributed by atoms with van der Waals surface area (Å²) in [5, 5.41) is 13.4. The third kappa shape index (κ3) is 3.47. The van der Waals surface area contributed by atoms with E-state index in [2.05, 4.69) is 20.8 Å².